The first-order valence-electron chi connectivity index (χ1n) is 9.96. The predicted octanol–water partition coefficient (Wildman–Crippen LogP) is 2.87. The summed E-state index contributed by atoms with van der Waals surface area (Å²) < 4.78 is 27.2. The van der Waals surface area contributed by atoms with Gasteiger partial charge in [-0.25, -0.2) is 13.1 Å². The van der Waals surface area contributed by atoms with Crippen LogP contribution in [0.4, 0.5) is 5.69 Å². The number of sulfonamides is 1. The fourth-order valence-electron chi connectivity index (χ4n) is 3.27. The second-order valence-electron chi connectivity index (χ2n) is 6.83. The lowest BCUT2D eigenvalue weighted by molar-refractivity contribution is 0.461. The third-order valence-corrected chi connectivity index (χ3v) is 7.59. The molecule has 0 radical (unpaired) electrons. The Morgan fingerprint density at radius 3 is 2.53 bits per heavy atom. The second kappa shape index (κ2) is 12.5. The van der Waals surface area contributed by atoms with Gasteiger partial charge in [-0.05, 0) is 43.3 Å². The topological polar surface area (TPSA) is 85.8 Å². The summed E-state index contributed by atoms with van der Waals surface area (Å²) >= 11 is 1.21. The van der Waals surface area contributed by atoms with Gasteiger partial charge < -0.3 is 15.5 Å². The van der Waals surface area contributed by atoms with Crippen LogP contribution in [0, 0.1) is 0 Å². The van der Waals surface area contributed by atoms with Crippen LogP contribution in [0.3, 0.4) is 0 Å². The van der Waals surface area contributed by atoms with Crippen molar-refractivity contribution in [3.63, 3.8) is 0 Å². The van der Waals surface area contributed by atoms with Crippen molar-refractivity contribution >= 4 is 57.0 Å². The van der Waals surface area contributed by atoms with E-state index in [1.54, 1.807) is 17.5 Å². The summed E-state index contributed by atoms with van der Waals surface area (Å²) in [6.45, 7) is 5.43. The van der Waals surface area contributed by atoms with Gasteiger partial charge in [-0.1, -0.05) is 24.3 Å². The molecule has 0 unspecified atom stereocenters. The number of hydrogen-bond acceptors (Lipinski definition) is 5. The molecule has 0 saturated carbocycles. The zero-order chi connectivity index (χ0) is 20.5. The van der Waals surface area contributed by atoms with Gasteiger partial charge in [-0.2, -0.15) is 0 Å². The monoisotopic (exact) mass is 563 g/mol. The Morgan fingerprint density at radius 1 is 1.17 bits per heavy atom. The molecule has 0 bridgehead atoms. The summed E-state index contributed by atoms with van der Waals surface area (Å²) in [6.07, 6.45) is 2.06. The molecule has 1 aliphatic rings. The number of para-hydroxylation sites is 1. The van der Waals surface area contributed by atoms with Gasteiger partial charge in [0.2, 0.25) is 10.0 Å². The molecule has 166 valence electrons. The first kappa shape index (κ1) is 24.9. The molecule has 2 heterocycles. The summed E-state index contributed by atoms with van der Waals surface area (Å²) in [5.41, 5.74) is 1.27. The van der Waals surface area contributed by atoms with Crippen LogP contribution < -0.4 is 20.3 Å². The fourth-order valence-corrected chi connectivity index (χ4v) is 5.33. The molecule has 0 spiro atoms. The van der Waals surface area contributed by atoms with E-state index in [1.165, 1.54) is 17.0 Å². The number of guanidine groups is 1. The molecule has 1 fully saturated rings. The van der Waals surface area contributed by atoms with Gasteiger partial charge in [0.15, 0.2) is 5.96 Å². The molecule has 3 rings (SSSR count). The van der Waals surface area contributed by atoms with Crippen LogP contribution in [0.5, 0.6) is 0 Å². The number of hydrogen-bond donors (Lipinski definition) is 3. The van der Waals surface area contributed by atoms with Crippen molar-refractivity contribution in [3.05, 3.63) is 47.8 Å². The van der Waals surface area contributed by atoms with E-state index in [1.807, 2.05) is 13.0 Å². The van der Waals surface area contributed by atoms with Crippen molar-refractivity contribution in [2.75, 3.05) is 37.6 Å². The molecular weight excluding hydrogens is 533 g/mol. The molecule has 0 amide bonds. The van der Waals surface area contributed by atoms with Gasteiger partial charge in [0.1, 0.15) is 4.21 Å². The van der Waals surface area contributed by atoms with E-state index >= 15 is 0 Å². The molecule has 1 saturated heterocycles. The van der Waals surface area contributed by atoms with Crippen molar-refractivity contribution in [2.24, 2.45) is 4.99 Å². The molecular formula is C20H30IN5O2S2. The van der Waals surface area contributed by atoms with Gasteiger partial charge >= 0.3 is 0 Å². The van der Waals surface area contributed by atoms with E-state index in [-0.39, 0.29) is 30.5 Å². The number of nitrogens with one attached hydrogen (secondary N) is 3. The Hall–Kier alpha value is -1.37. The minimum Gasteiger partial charge on any atom is -0.371 e. The summed E-state index contributed by atoms with van der Waals surface area (Å²) in [5.74, 6) is 0.737. The predicted molar refractivity (Wildman–Crippen MR) is 136 cm³/mol. The SMILES string of the molecule is CCNC(=NCCNS(=O)(=O)c1cccs1)NC1CCN(c2ccccc2)CC1.I. The van der Waals surface area contributed by atoms with Gasteiger partial charge in [-0.3, -0.25) is 4.99 Å². The van der Waals surface area contributed by atoms with Crippen LogP contribution in [0.2, 0.25) is 0 Å². The highest BCUT2D eigenvalue weighted by molar-refractivity contribution is 14.0. The molecule has 2 aromatic rings. The number of piperidine rings is 1. The minimum absolute atomic E-state index is 0. The third-order valence-electron chi connectivity index (χ3n) is 4.74. The van der Waals surface area contributed by atoms with Gasteiger partial charge in [-0.15, -0.1) is 35.3 Å². The standard InChI is InChI=1S/C20H29N5O2S2.HI/c1-2-21-20(22-12-13-23-29(26,27)19-9-6-16-28-19)24-17-10-14-25(15-11-17)18-7-4-3-5-8-18;/h3-9,16-17,23H,2,10-15H2,1H3,(H2,21,22,24);1H. The lowest BCUT2D eigenvalue weighted by atomic mass is 10.0. The number of anilines is 1. The largest absolute Gasteiger partial charge is 0.371 e. The molecule has 10 heteroatoms. The molecule has 7 nitrogen and oxygen atoms in total. The van der Waals surface area contributed by atoms with Gasteiger partial charge in [0.25, 0.3) is 0 Å². The first-order chi connectivity index (χ1) is 14.1. The Labute approximate surface area is 200 Å². The van der Waals surface area contributed by atoms with Gasteiger partial charge in [0, 0.05) is 37.9 Å². The maximum absolute atomic E-state index is 12.1. The molecule has 30 heavy (non-hydrogen) atoms. The summed E-state index contributed by atoms with van der Waals surface area (Å²) in [5, 5.41) is 8.49. The normalized spacial score (nSPS) is 15.5. The van der Waals surface area contributed by atoms with Crippen LogP contribution in [-0.2, 0) is 10.0 Å². The van der Waals surface area contributed by atoms with Crippen molar-refractivity contribution in [2.45, 2.75) is 30.0 Å². The molecule has 3 N–H and O–H groups in total. The minimum atomic E-state index is -3.43. The summed E-state index contributed by atoms with van der Waals surface area (Å²) in [6, 6.07) is 14.2. The molecule has 1 aliphatic heterocycles. The van der Waals surface area contributed by atoms with Crippen molar-refractivity contribution in [1.29, 1.82) is 0 Å². The Bertz CT molecular complexity index is 868. The smallest absolute Gasteiger partial charge is 0.250 e. The lowest BCUT2D eigenvalue weighted by Crippen LogP contribution is -2.49. The number of aliphatic imine (C=N–C) groups is 1. The van der Waals surface area contributed by atoms with Crippen molar-refractivity contribution in [1.82, 2.24) is 15.4 Å². The van der Waals surface area contributed by atoms with Crippen molar-refractivity contribution < 1.29 is 8.42 Å². The van der Waals surface area contributed by atoms with E-state index in [9.17, 15) is 8.42 Å². The van der Waals surface area contributed by atoms with E-state index in [0.717, 1.165) is 38.4 Å². The van der Waals surface area contributed by atoms with E-state index < -0.39 is 10.0 Å². The quantitative estimate of drug-likeness (QED) is 0.199. The van der Waals surface area contributed by atoms with Crippen LogP contribution in [0.25, 0.3) is 0 Å². The molecule has 1 aromatic carbocycles. The molecule has 0 aliphatic carbocycles. The van der Waals surface area contributed by atoms with E-state index in [0.29, 0.717) is 16.8 Å². The van der Waals surface area contributed by atoms with Crippen LogP contribution in [0.1, 0.15) is 19.8 Å². The Balaban J connectivity index is 0.00000320. The maximum Gasteiger partial charge on any atom is 0.250 e. The van der Waals surface area contributed by atoms with E-state index in [2.05, 4.69) is 49.5 Å². The number of halogens is 1. The zero-order valence-corrected chi connectivity index (χ0v) is 21.0. The molecule has 1 aromatic heterocycles. The maximum atomic E-state index is 12.1. The average Bonchev–Trinajstić information content (AvgIpc) is 3.29. The molecule has 0 atom stereocenters. The highest BCUT2D eigenvalue weighted by Crippen LogP contribution is 2.19. The second-order valence-corrected chi connectivity index (χ2v) is 9.77. The Kier molecular flexibility index (Phi) is 10.4. The average molecular weight is 564 g/mol. The number of nitrogens with zero attached hydrogens (tertiary/aromatic N) is 2. The fraction of sp³-hybridized carbons (Fsp3) is 0.450. The lowest BCUT2D eigenvalue weighted by Gasteiger charge is -2.34. The summed E-state index contributed by atoms with van der Waals surface area (Å²) in [4.78, 5) is 6.93. The van der Waals surface area contributed by atoms with Crippen LogP contribution in [0.15, 0.2) is 57.0 Å². The summed E-state index contributed by atoms with van der Waals surface area (Å²) in [7, 11) is -3.43. The third kappa shape index (κ3) is 7.40. The van der Waals surface area contributed by atoms with Crippen LogP contribution >= 0.6 is 35.3 Å². The number of benzene rings is 1. The number of rotatable bonds is 8. The van der Waals surface area contributed by atoms with Gasteiger partial charge in [0.05, 0.1) is 6.54 Å². The van der Waals surface area contributed by atoms with E-state index in [4.69, 9.17) is 0 Å². The van der Waals surface area contributed by atoms with Crippen LogP contribution in [-0.4, -0.2) is 53.1 Å². The first-order valence-corrected chi connectivity index (χ1v) is 12.3. The van der Waals surface area contributed by atoms with Crippen molar-refractivity contribution in [3.8, 4) is 0 Å². The Morgan fingerprint density at radius 2 is 1.90 bits per heavy atom. The highest BCUT2D eigenvalue weighted by Gasteiger charge is 2.20. The highest BCUT2D eigenvalue weighted by atomic mass is 127. The zero-order valence-electron chi connectivity index (χ0n) is 17.1. The number of thiophene rings is 1.